The normalized spacial score (nSPS) is 18.0. The van der Waals surface area contributed by atoms with Crippen molar-refractivity contribution in [2.24, 2.45) is 5.92 Å². The summed E-state index contributed by atoms with van der Waals surface area (Å²) in [5.74, 6) is 0.517. The van der Waals surface area contributed by atoms with Gasteiger partial charge < -0.3 is 5.73 Å². The number of hydrogen-bond donors (Lipinski definition) is 1. The first-order valence-electron chi connectivity index (χ1n) is 7.81. The van der Waals surface area contributed by atoms with Crippen LogP contribution in [0.4, 0.5) is 14.6 Å². The topological polar surface area (TPSA) is 55.0 Å². The highest BCUT2D eigenvalue weighted by atomic mass is 19.1. The zero-order valence-corrected chi connectivity index (χ0v) is 12.8. The molecule has 0 bridgehead atoms. The van der Waals surface area contributed by atoms with E-state index in [2.05, 4.69) is 14.9 Å². The Bertz CT molecular complexity index is 657. The Labute approximate surface area is 134 Å². The zero-order chi connectivity index (χ0) is 16.2. The Balaban J connectivity index is 1.57. The summed E-state index contributed by atoms with van der Waals surface area (Å²) in [5.41, 5.74) is 5.82. The fraction of sp³-hybridized carbons (Fsp3) is 0.412. The van der Waals surface area contributed by atoms with Crippen LogP contribution < -0.4 is 5.73 Å². The molecule has 23 heavy (non-hydrogen) atoms. The van der Waals surface area contributed by atoms with Gasteiger partial charge in [0, 0.05) is 11.8 Å². The minimum absolute atomic E-state index is 0.148. The number of aromatic nitrogens is 2. The fourth-order valence-corrected chi connectivity index (χ4v) is 3.05. The van der Waals surface area contributed by atoms with Crippen molar-refractivity contribution >= 4 is 5.82 Å². The van der Waals surface area contributed by atoms with Gasteiger partial charge in [-0.3, -0.25) is 4.90 Å². The highest BCUT2D eigenvalue weighted by Crippen LogP contribution is 2.35. The summed E-state index contributed by atoms with van der Waals surface area (Å²) in [5, 5.41) is 0. The number of benzene rings is 1. The average molecular weight is 318 g/mol. The van der Waals surface area contributed by atoms with Crippen LogP contribution in [0.5, 0.6) is 0 Å². The first-order valence-corrected chi connectivity index (χ1v) is 7.81. The van der Waals surface area contributed by atoms with Crippen molar-refractivity contribution < 1.29 is 8.78 Å². The van der Waals surface area contributed by atoms with E-state index in [4.69, 9.17) is 5.73 Å². The van der Waals surface area contributed by atoms with Crippen molar-refractivity contribution in [1.29, 1.82) is 0 Å². The maximum Gasteiger partial charge on any atom is 0.144 e. The zero-order valence-electron chi connectivity index (χ0n) is 12.8. The number of piperidine rings is 1. The third-order valence-corrected chi connectivity index (χ3v) is 4.34. The number of nitrogens with two attached hydrogens (primary N) is 1. The standard InChI is InChI=1S/C17H20F2N4/c18-14-4-2-1-3-13(14)17(19)12-6-9-23(10-7-12)11-16-21-8-5-15(20)22-16/h1-5,8,12,17H,6-7,9-11H2,(H2,20,21,22). The van der Waals surface area contributed by atoms with Crippen LogP contribution in [-0.4, -0.2) is 28.0 Å². The Hall–Kier alpha value is -2.08. The number of alkyl halides is 1. The molecular formula is C17H20F2N4. The third-order valence-electron chi connectivity index (χ3n) is 4.34. The Morgan fingerprint density at radius 3 is 2.65 bits per heavy atom. The van der Waals surface area contributed by atoms with Crippen LogP contribution in [0.2, 0.25) is 0 Å². The molecular weight excluding hydrogens is 298 g/mol. The lowest BCUT2D eigenvalue weighted by Crippen LogP contribution is -2.35. The molecule has 1 aliphatic heterocycles. The first kappa shape index (κ1) is 15.8. The van der Waals surface area contributed by atoms with Gasteiger partial charge in [-0.25, -0.2) is 18.7 Å². The molecule has 1 unspecified atom stereocenters. The summed E-state index contributed by atoms with van der Waals surface area (Å²) in [7, 11) is 0. The lowest BCUT2D eigenvalue weighted by Gasteiger charge is -2.33. The SMILES string of the molecule is Nc1ccnc(CN2CCC(C(F)c3ccccc3F)CC2)n1. The molecule has 1 atom stereocenters. The highest BCUT2D eigenvalue weighted by molar-refractivity contribution is 5.25. The van der Waals surface area contributed by atoms with E-state index in [0.717, 1.165) is 13.1 Å². The summed E-state index contributed by atoms with van der Waals surface area (Å²) in [6.07, 6.45) is 1.78. The minimum Gasteiger partial charge on any atom is -0.384 e. The van der Waals surface area contributed by atoms with Crippen molar-refractivity contribution in [2.75, 3.05) is 18.8 Å². The summed E-state index contributed by atoms with van der Waals surface area (Å²) < 4.78 is 28.3. The van der Waals surface area contributed by atoms with Gasteiger partial charge in [0.2, 0.25) is 0 Å². The molecule has 1 aromatic heterocycles. The smallest absolute Gasteiger partial charge is 0.144 e. The fourth-order valence-electron chi connectivity index (χ4n) is 3.05. The highest BCUT2D eigenvalue weighted by Gasteiger charge is 2.29. The molecule has 0 aliphatic carbocycles. The maximum absolute atomic E-state index is 14.6. The van der Waals surface area contributed by atoms with Crippen LogP contribution in [0.3, 0.4) is 0 Å². The first-order chi connectivity index (χ1) is 11.1. The largest absolute Gasteiger partial charge is 0.384 e. The van der Waals surface area contributed by atoms with E-state index in [1.54, 1.807) is 24.4 Å². The molecule has 0 amide bonds. The van der Waals surface area contributed by atoms with E-state index in [-0.39, 0.29) is 11.5 Å². The van der Waals surface area contributed by atoms with Gasteiger partial charge in [0.25, 0.3) is 0 Å². The molecule has 1 fully saturated rings. The van der Waals surface area contributed by atoms with E-state index >= 15 is 0 Å². The molecule has 2 heterocycles. The second kappa shape index (κ2) is 7.00. The molecule has 4 nitrogen and oxygen atoms in total. The van der Waals surface area contributed by atoms with Gasteiger partial charge in [0.05, 0.1) is 6.54 Å². The van der Waals surface area contributed by atoms with Crippen LogP contribution in [-0.2, 0) is 6.54 Å². The molecule has 122 valence electrons. The number of nitrogens with zero attached hydrogens (tertiary/aromatic N) is 3. The van der Waals surface area contributed by atoms with Gasteiger partial charge in [-0.2, -0.15) is 0 Å². The van der Waals surface area contributed by atoms with Gasteiger partial charge in [0.15, 0.2) is 0 Å². The predicted octanol–water partition coefficient (Wildman–Crippen LogP) is 3.12. The molecule has 1 saturated heterocycles. The third kappa shape index (κ3) is 3.82. The summed E-state index contributed by atoms with van der Waals surface area (Å²) in [6, 6.07) is 7.76. The maximum atomic E-state index is 14.6. The number of halogens is 2. The molecule has 3 rings (SSSR count). The number of nitrogen functional groups attached to an aromatic ring is 1. The van der Waals surface area contributed by atoms with E-state index in [0.29, 0.717) is 31.0 Å². The summed E-state index contributed by atoms with van der Waals surface area (Å²) in [6.45, 7) is 2.10. The number of anilines is 1. The molecule has 0 saturated carbocycles. The second-order valence-corrected chi connectivity index (χ2v) is 5.93. The van der Waals surface area contributed by atoms with E-state index in [9.17, 15) is 8.78 Å². The van der Waals surface area contributed by atoms with E-state index < -0.39 is 12.0 Å². The second-order valence-electron chi connectivity index (χ2n) is 5.93. The van der Waals surface area contributed by atoms with Crippen LogP contribution in [0, 0.1) is 11.7 Å². The molecule has 2 N–H and O–H groups in total. The lowest BCUT2D eigenvalue weighted by atomic mass is 9.88. The summed E-state index contributed by atoms with van der Waals surface area (Å²) in [4.78, 5) is 10.6. The average Bonchev–Trinajstić information content (AvgIpc) is 2.55. The van der Waals surface area contributed by atoms with Crippen LogP contribution in [0.15, 0.2) is 36.5 Å². The quantitative estimate of drug-likeness (QED) is 0.941. The van der Waals surface area contributed by atoms with E-state index in [1.807, 2.05) is 0 Å². The molecule has 1 aliphatic rings. The minimum atomic E-state index is -1.25. The Kier molecular flexibility index (Phi) is 4.81. The van der Waals surface area contributed by atoms with Crippen LogP contribution in [0.25, 0.3) is 0 Å². The Morgan fingerprint density at radius 1 is 1.22 bits per heavy atom. The Morgan fingerprint density at radius 2 is 1.96 bits per heavy atom. The molecule has 0 spiro atoms. The van der Waals surface area contributed by atoms with Crippen LogP contribution >= 0.6 is 0 Å². The lowest BCUT2D eigenvalue weighted by molar-refractivity contribution is 0.113. The predicted molar refractivity (Wildman–Crippen MR) is 84.7 cm³/mol. The molecule has 0 radical (unpaired) electrons. The number of hydrogen-bond acceptors (Lipinski definition) is 4. The van der Waals surface area contributed by atoms with Gasteiger partial charge in [-0.05, 0) is 44.0 Å². The van der Waals surface area contributed by atoms with Crippen molar-refractivity contribution in [3.63, 3.8) is 0 Å². The number of likely N-dealkylation sites (tertiary alicyclic amines) is 1. The summed E-state index contributed by atoms with van der Waals surface area (Å²) >= 11 is 0. The van der Waals surface area contributed by atoms with Crippen molar-refractivity contribution in [3.05, 3.63) is 53.7 Å². The van der Waals surface area contributed by atoms with Crippen molar-refractivity contribution in [3.8, 4) is 0 Å². The van der Waals surface area contributed by atoms with E-state index in [1.165, 1.54) is 12.1 Å². The monoisotopic (exact) mass is 318 g/mol. The molecule has 2 aromatic rings. The number of rotatable bonds is 4. The van der Waals surface area contributed by atoms with Crippen LogP contribution in [0.1, 0.15) is 30.4 Å². The van der Waals surface area contributed by atoms with Gasteiger partial charge in [0.1, 0.15) is 23.6 Å². The van der Waals surface area contributed by atoms with Gasteiger partial charge in [-0.1, -0.05) is 18.2 Å². The van der Waals surface area contributed by atoms with Gasteiger partial charge >= 0.3 is 0 Å². The van der Waals surface area contributed by atoms with Crippen molar-refractivity contribution in [1.82, 2.24) is 14.9 Å². The van der Waals surface area contributed by atoms with Gasteiger partial charge in [-0.15, -0.1) is 0 Å². The molecule has 6 heteroatoms. The molecule has 1 aromatic carbocycles. The van der Waals surface area contributed by atoms with Crippen molar-refractivity contribution in [2.45, 2.75) is 25.6 Å².